The highest BCUT2D eigenvalue weighted by Crippen LogP contribution is 2.25. The van der Waals surface area contributed by atoms with E-state index in [9.17, 15) is 4.79 Å². The molecule has 88 valence electrons. The smallest absolute Gasteiger partial charge is 0.306 e. The zero-order valence-electron chi connectivity index (χ0n) is 9.47. The Kier molecular flexibility index (Phi) is 2.28. The van der Waals surface area contributed by atoms with E-state index in [1.54, 1.807) is 17.0 Å². The van der Waals surface area contributed by atoms with E-state index < -0.39 is 0 Å². The van der Waals surface area contributed by atoms with Crippen molar-refractivity contribution in [3.63, 3.8) is 0 Å². The fraction of sp³-hybridized carbons (Fsp3) is 0.0833. The predicted octanol–water partition coefficient (Wildman–Crippen LogP) is 1.86. The molecule has 0 spiro atoms. The third kappa shape index (κ3) is 1.53. The van der Waals surface area contributed by atoms with Crippen molar-refractivity contribution in [1.82, 2.24) is 14.5 Å². The normalized spacial score (nSPS) is 10.7. The van der Waals surface area contributed by atoms with E-state index in [1.165, 1.54) is 11.3 Å². The maximum Gasteiger partial charge on any atom is 0.326 e. The molecule has 0 bridgehead atoms. The second-order valence-corrected chi connectivity index (χ2v) is 4.73. The van der Waals surface area contributed by atoms with Gasteiger partial charge in [0.1, 0.15) is 11.1 Å². The number of fused-ring (bicyclic) bond motifs is 1. The molecule has 0 saturated heterocycles. The minimum atomic E-state index is -0.140. The number of hydrogen-bond donors (Lipinski definition) is 1. The van der Waals surface area contributed by atoms with Gasteiger partial charge in [0, 0.05) is 18.0 Å². The van der Waals surface area contributed by atoms with Gasteiger partial charge in [0.25, 0.3) is 0 Å². The minimum Gasteiger partial charge on any atom is -0.306 e. The summed E-state index contributed by atoms with van der Waals surface area (Å²) in [6.07, 6.45) is 0. The van der Waals surface area contributed by atoms with Crippen molar-refractivity contribution < 1.29 is 0 Å². The second-order valence-electron chi connectivity index (χ2n) is 3.87. The van der Waals surface area contributed by atoms with Crippen molar-refractivity contribution in [2.24, 2.45) is 7.05 Å². The van der Waals surface area contributed by atoms with Crippen LogP contribution in [0, 0.1) is 11.3 Å². The summed E-state index contributed by atoms with van der Waals surface area (Å²) in [5.41, 5.74) is 2.80. The van der Waals surface area contributed by atoms with Crippen molar-refractivity contribution in [3.05, 3.63) is 39.8 Å². The lowest BCUT2D eigenvalue weighted by atomic mass is 10.2. The molecule has 0 radical (unpaired) electrons. The van der Waals surface area contributed by atoms with E-state index in [2.05, 4.69) is 9.97 Å². The summed E-state index contributed by atoms with van der Waals surface area (Å²) in [4.78, 5) is 18.4. The largest absolute Gasteiger partial charge is 0.326 e. The lowest BCUT2D eigenvalue weighted by molar-refractivity contribution is 0.892. The van der Waals surface area contributed by atoms with E-state index in [1.807, 2.05) is 24.3 Å². The summed E-state index contributed by atoms with van der Waals surface area (Å²) in [6, 6.07) is 7.64. The monoisotopic (exact) mass is 256 g/mol. The molecule has 3 rings (SSSR count). The highest BCUT2D eigenvalue weighted by Gasteiger charge is 2.08. The first kappa shape index (κ1) is 10.7. The highest BCUT2D eigenvalue weighted by atomic mass is 32.1. The summed E-state index contributed by atoms with van der Waals surface area (Å²) >= 11 is 1.42. The Hall–Kier alpha value is -2.39. The highest BCUT2D eigenvalue weighted by molar-refractivity contribution is 7.13. The molecule has 18 heavy (non-hydrogen) atoms. The van der Waals surface area contributed by atoms with Crippen LogP contribution in [0.3, 0.4) is 0 Å². The van der Waals surface area contributed by atoms with Gasteiger partial charge < -0.3 is 4.98 Å². The van der Waals surface area contributed by atoms with Crippen LogP contribution in [0.2, 0.25) is 0 Å². The molecule has 0 atom stereocenters. The molecule has 6 heteroatoms. The molecule has 5 nitrogen and oxygen atoms in total. The Balaban J connectivity index is 2.21. The number of rotatable bonds is 1. The zero-order chi connectivity index (χ0) is 12.7. The van der Waals surface area contributed by atoms with Crippen LogP contribution in [0.5, 0.6) is 0 Å². The van der Waals surface area contributed by atoms with Crippen LogP contribution in [0.4, 0.5) is 0 Å². The fourth-order valence-corrected chi connectivity index (χ4v) is 2.56. The lowest BCUT2D eigenvalue weighted by Crippen LogP contribution is -2.11. The summed E-state index contributed by atoms with van der Waals surface area (Å²) < 4.78 is 1.55. The average Bonchev–Trinajstić information content (AvgIpc) is 2.96. The number of nitriles is 1. The molecule has 0 unspecified atom stereocenters. The van der Waals surface area contributed by atoms with Gasteiger partial charge in [0.05, 0.1) is 11.0 Å². The topological polar surface area (TPSA) is 74.5 Å². The molecule has 0 fully saturated rings. The number of nitrogens with zero attached hydrogens (tertiary/aromatic N) is 3. The van der Waals surface area contributed by atoms with Gasteiger partial charge >= 0.3 is 5.69 Å². The molecule has 0 aliphatic heterocycles. The van der Waals surface area contributed by atoms with Gasteiger partial charge in [-0.2, -0.15) is 5.26 Å². The summed E-state index contributed by atoms with van der Waals surface area (Å²) in [7, 11) is 1.72. The summed E-state index contributed by atoms with van der Waals surface area (Å²) in [6.45, 7) is 0. The zero-order valence-corrected chi connectivity index (χ0v) is 10.3. The van der Waals surface area contributed by atoms with Gasteiger partial charge in [-0.05, 0) is 18.2 Å². The third-order valence-electron chi connectivity index (χ3n) is 2.77. The van der Waals surface area contributed by atoms with Crippen molar-refractivity contribution in [2.75, 3.05) is 0 Å². The van der Waals surface area contributed by atoms with Crippen LogP contribution in [-0.2, 0) is 7.05 Å². The van der Waals surface area contributed by atoms with E-state index in [0.717, 1.165) is 21.6 Å². The van der Waals surface area contributed by atoms with Crippen molar-refractivity contribution in [1.29, 1.82) is 5.26 Å². The maximum atomic E-state index is 11.5. The standard InChI is InChI=1S/C12H8N4OS/c1-16-10-4-7(2-3-9(10)15-12(16)17)11-14-8(5-13)6-18-11/h2-4,6H,1H3,(H,15,17). The number of aromatic amines is 1. The Morgan fingerprint density at radius 2 is 2.33 bits per heavy atom. The molecular weight excluding hydrogens is 248 g/mol. The van der Waals surface area contributed by atoms with Gasteiger partial charge in [-0.25, -0.2) is 9.78 Å². The molecule has 0 amide bonds. The number of imidazole rings is 1. The Morgan fingerprint density at radius 1 is 1.50 bits per heavy atom. The van der Waals surface area contributed by atoms with Crippen LogP contribution in [0.15, 0.2) is 28.4 Å². The van der Waals surface area contributed by atoms with E-state index in [-0.39, 0.29) is 5.69 Å². The molecule has 1 aromatic carbocycles. The van der Waals surface area contributed by atoms with Crippen LogP contribution in [0.25, 0.3) is 21.6 Å². The molecule has 0 aliphatic carbocycles. The predicted molar refractivity (Wildman–Crippen MR) is 69.4 cm³/mol. The van der Waals surface area contributed by atoms with Crippen LogP contribution in [-0.4, -0.2) is 14.5 Å². The second kappa shape index (κ2) is 3.82. The van der Waals surface area contributed by atoms with Crippen molar-refractivity contribution in [2.45, 2.75) is 0 Å². The molecule has 2 aromatic heterocycles. The molecule has 1 N–H and O–H groups in total. The fourth-order valence-electron chi connectivity index (χ4n) is 1.81. The van der Waals surface area contributed by atoms with E-state index in [4.69, 9.17) is 5.26 Å². The molecule has 0 aliphatic rings. The van der Waals surface area contributed by atoms with Crippen molar-refractivity contribution >= 4 is 22.4 Å². The number of aryl methyl sites for hydroxylation is 1. The molecule has 2 heterocycles. The maximum absolute atomic E-state index is 11.5. The third-order valence-corrected chi connectivity index (χ3v) is 3.66. The number of benzene rings is 1. The first-order valence-electron chi connectivity index (χ1n) is 5.24. The first-order valence-corrected chi connectivity index (χ1v) is 6.12. The SMILES string of the molecule is Cn1c(=O)[nH]c2ccc(-c3nc(C#N)cs3)cc21. The van der Waals surface area contributed by atoms with Crippen molar-refractivity contribution in [3.8, 4) is 16.6 Å². The Labute approximate surface area is 106 Å². The number of thiazole rings is 1. The van der Waals surface area contributed by atoms with E-state index in [0.29, 0.717) is 5.69 Å². The molecule has 0 saturated carbocycles. The Morgan fingerprint density at radius 3 is 3.06 bits per heavy atom. The first-order chi connectivity index (χ1) is 8.69. The van der Waals surface area contributed by atoms with Crippen LogP contribution >= 0.6 is 11.3 Å². The number of nitrogens with one attached hydrogen (secondary N) is 1. The molecule has 3 aromatic rings. The Bertz CT molecular complexity index is 834. The minimum absolute atomic E-state index is 0.140. The molecular formula is C12H8N4OS. The van der Waals surface area contributed by atoms with Gasteiger partial charge in [-0.3, -0.25) is 4.57 Å². The number of hydrogen-bond acceptors (Lipinski definition) is 4. The lowest BCUT2D eigenvalue weighted by Gasteiger charge is -1.98. The summed E-state index contributed by atoms with van der Waals surface area (Å²) in [5, 5.41) is 11.3. The van der Waals surface area contributed by atoms with E-state index >= 15 is 0 Å². The van der Waals surface area contributed by atoms with Gasteiger partial charge in [-0.15, -0.1) is 11.3 Å². The van der Waals surface area contributed by atoms with Gasteiger partial charge in [-0.1, -0.05) is 0 Å². The number of aromatic nitrogens is 3. The van der Waals surface area contributed by atoms with Crippen LogP contribution < -0.4 is 5.69 Å². The quantitative estimate of drug-likeness (QED) is 0.722. The van der Waals surface area contributed by atoms with Crippen LogP contribution in [0.1, 0.15) is 5.69 Å². The average molecular weight is 256 g/mol. The summed E-state index contributed by atoms with van der Waals surface area (Å²) in [5.74, 6) is 0. The number of H-pyrrole nitrogens is 1. The van der Waals surface area contributed by atoms with Gasteiger partial charge in [0.2, 0.25) is 0 Å². The van der Waals surface area contributed by atoms with Gasteiger partial charge in [0.15, 0.2) is 5.69 Å².